The van der Waals surface area contributed by atoms with Crippen LogP contribution in [0.3, 0.4) is 0 Å². The van der Waals surface area contributed by atoms with Gasteiger partial charge < -0.3 is 10.5 Å². The second-order valence-corrected chi connectivity index (χ2v) is 6.84. The van der Waals surface area contributed by atoms with Gasteiger partial charge in [-0.1, -0.05) is 18.5 Å². The van der Waals surface area contributed by atoms with Gasteiger partial charge in [0.25, 0.3) is 0 Å². The highest BCUT2D eigenvalue weighted by atomic mass is 79.9. The Morgan fingerprint density at radius 1 is 1.42 bits per heavy atom. The molecule has 0 spiro atoms. The minimum atomic E-state index is 0.105. The van der Waals surface area contributed by atoms with Crippen LogP contribution in [0.2, 0.25) is 5.02 Å². The Morgan fingerprint density at radius 3 is 2.88 bits per heavy atom. The summed E-state index contributed by atoms with van der Waals surface area (Å²) >= 11 is 9.91. The van der Waals surface area contributed by atoms with E-state index in [1.807, 2.05) is 17.7 Å². The highest BCUT2D eigenvalue weighted by molar-refractivity contribution is 9.10. The van der Waals surface area contributed by atoms with Crippen molar-refractivity contribution in [3.8, 4) is 5.75 Å². The van der Waals surface area contributed by atoms with Crippen LogP contribution in [0, 0.1) is 6.92 Å². The minimum absolute atomic E-state index is 0.105. The molecule has 0 saturated heterocycles. The lowest BCUT2D eigenvalue weighted by atomic mass is 9.98. The molecule has 0 fully saturated rings. The maximum absolute atomic E-state index is 6.34. The molecule has 1 aromatic carbocycles. The number of nitrogen functional groups attached to an aromatic ring is 1. The smallest absolute Gasteiger partial charge is 0.163 e. The molecule has 8 heteroatoms. The Labute approximate surface area is 153 Å². The maximum atomic E-state index is 6.34. The number of nitrogens with two attached hydrogens (primary N) is 1. The van der Waals surface area contributed by atoms with Crippen LogP contribution >= 0.6 is 27.5 Å². The number of halogens is 2. The number of ether oxygens (including phenoxy) is 1. The average molecular weight is 411 g/mol. The summed E-state index contributed by atoms with van der Waals surface area (Å²) in [5, 5.41) is 5.83. The van der Waals surface area contributed by atoms with E-state index in [0.717, 1.165) is 26.7 Å². The van der Waals surface area contributed by atoms with E-state index in [1.165, 1.54) is 6.33 Å². The maximum Gasteiger partial charge on any atom is 0.163 e. The van der Waals surface area contributed by atoms with Gasteiger partial charge in [-0.05, 0) is 34.5 Å². The fourth-order valence-electron chi connectivity index (χ4n) is 2.69. The number of hydrogen-bond donors (Lipinski definition) is 1. The van der Waals surface area contributed by atoms with E-state index >= 15 is 0 Å². The highest BCUT2D eigenvalue weighted by Gasteiger charge is 2.20. The van der Waals surface area contributed by atoms with Crippen LogP contribution in [0.4, 0.5) is 5.82 Å². The van der Waals surface area contributed by atoms with Crippen LogP contribution < -0.4 is 10.5 Å². The largest absolute Gasteiger partial charge is 0.495 e. The first-order chi connectivity index (χ1) is 11.4. The highest BCUT2D eigenvalue weighted by Crippen LogP contribution is 2.40. The lowest BCUT2D eigenvalue weighted by Crippen LogP contribution is -2.10. The van der Waals surface area contributed by atoms with Gasteiger partial charge in [0, 0.05) is 16.5 Å². The van der Waals surface area contributed by atoms with Crippen molar-refractivity contribution in [3.05, 3.63) is 39.2 Å². The minimum Gasteiger partial charge on any atom is -0.495 e. The van der Waals surface area contributed by atoms with E-state index in [4.69, 9.17) is 22.1 Å². The third-order valence-corrected chi connectivity index (χ3v) is 5.42. The second kappa shape index (κ2) is 6.57. The van der Waals surface area contributed by atoms with E-state index in [0.29, 0.717) is 23.0 Å². The van der Waals surface area contributed by atoms with Crippen molar-refractivity contribution >= 4 is 44.4 Å². The number of fused-ring (bicyclic) bond motifs is 1. The molecule has 0 saturated carbocycles. The predicted octanol–water partition coefficient (Wildman–Crippen LogP) is 3.95. The molecular weight excluding hydrogens is 394 g/mol. The molecule has 2 N–H and O–H groups in total. The summed E-state index contributed by atoms with van der Waals surface area (Å²) in [7, 11) is 1.65. The van der Waals surface area contributed by atoms with E-state index in [9.17, 15) is 0 Å². The van der Waals surface area contributed by atoms with Gasteiger partial charge in [-0.15, -0.1) is 0 Å². The standard InChI is InChI=1S/C16H17BrClN5O/c1-8(10-4-12(18)9(2)13(17)14(10)24-3)6-23-16-11(5-22-23)15(19)20-7-21-16/h4-5,7-8H,6H2,1-3H3,(H2,19,20,21). The molecular formula is C16H17BrClN5O. The molecule has 3 aromatic rings. The van der Waals surface area contributed by atoms with Gasteiger partial charge in [-0.2, -0.15) is 5.10 Å². The fourth-order valence-corrected chi connectivity index (χ4v) is 3.62. The van der Waals surface area contributed by atoms with Gasteiger partial charge in [0.15, 0.2) is 5.65 Å². The zero-order chi connectivity index (χ0) is 17.4. The van der Waals surface area contributed by atoms with E-state index in [1.54, 1.807) is 13.3 Å². The molecule has 0 aliphatic rings. The Kier molecular flexibility index (Phi) is 4.64. The van der Waals surface area contributed by atoms with Gasteiger partial charge in [0.2, 0.25) is 0 Å². The van der Waals surface area contributed by atoms with Crippen molar-refractivity contribution < 1.29 is 4.74 Å². The summed E-state index contributed by atoms with van der Waals surface area (Å²) in [6.45, 7) is 4.65. The molecule has 0 bridgehead atoms. The lowest BCUT2D eigenvalue weighted by molar-refractivity contribution is 0.399. The quantitative estimate of drug-likeness (QED) is 0.704. The van der Waals surface area contributed by atoms with Crippen LogP contribution in [0.15, 0.2) is 23.1 Å². The molecule has 24 heavy (non-hydrogen) atoms. The summed E-state index contributed by atoms with van der Waals surface area (Å²) in [6, 6.07) is 1.94. The van der Waals surface area contributed by atoms with Gasteiger partial charge in [-0.25, -0.2) is 14.6 Å². The number of nitrogens with zero attached hydrogens (tertiary/aromatic N) is 4. The number of methoxy groups -OCH3 is 1. The molecule has 1 unspecified atom stereocenters. The van der Waals surface area contributed by atoms with Crippen molar-refractivity contribution in [2.45, 2.75) is 26.3 Å². The molecule has 0 aliphatic heterocycles. The summed E-state index contributed by atoms with van der Waals surface area (Å²) in [5.74, 6) is 1.32. The molecule has 0 amide bonds. The Morgan fingerprint density at radius 2 is 2.17 bits per heavy atom. The molecule has 126 valence electrons. The number of rotatable bonds is 4. The topological polar surface area (TPSA) is 78.9 Å². The van der Waals surface area contributed by atoms with Crippen molar-refractivity contribution in [1.82, 2.24) is 19.7 Å². The van der Waals surface area contributed by atoms with Gasteiger partial charge in [0.1, 0.15) is 17.9 Å². The van der Waals surface area contributed by atoms with Crippen LogP contribution in [0.1, 0.15) is 24.0 Å². The molecule has 0 aliphatic carbocycles. The Bertz CT molecular complexity index is 911. The van der Waals surface area contributed by atoms with Crippen molar-refractivity contribution in [2.75, 3.05) is 12.8 Å². The molecule has 1 atom stereocenters. The average Bonchev–Trinajstić information content (AvgIpc) is 2.97. The van der Waals surface area contributed by atoms with Crippen LogP contribution in [-0.4, -0.2) is 26.9 Å². The van der Waals surface area contributed by atoms with Gasteiger partial charge in [-0.3, -0.25) is 0 Å². The molecule has 3 rings (SSSR count). The number of aromatic nitrogens is 4. The van der Waals surface area contributed by atoms with E-state index in [2.05, 4.69) is 37.9 Å². The van der Waals surface area contributed by atoms with Crippen LogP contribution in [-0.2, 0) is 6.54 Å². The van der Waals surface area contributed by atoms with Crippen molar-refractivity contribution in [2.24, 2.45) is 0 Å². The summed E-state index contributed by atoms with van der Waals surface area (Å²) < 4.78 is 8.27. The molecule has 0 radical (unpaired) electrons. The van der Waals surface area contributed by atoms with Crippen molar-refractivity contribution in [3.63, 3.8) is 0 Å². The normalized spacial score (nSPS) is 12.5. The van der Waals surface area contributed by atoms with E-state index < -0.39 is 0 Å². The molecule has 2 aromatic heterocycles. The third kappa shape index (κ3) is 2.82. The lowest BCUT2D eigenvalue weighted by Gasteiger charge is -2.19. The van der Waals surface area contributed by atoms with Crippen molar-refractivity contribution in [1.29, 1.82) is 0 Å². The van der Waals surface area contributed by atoms with Gasteiger partial charge in [0.05, 0.1) is 29.7 Å². The Hall–Kier alpha value is -1.86. The third-order valence-electron chi connectivity index (χ3n) is 4.08. The Balaban J connectivity index is 2.01. The number of anilines is 1. The zero-order valence-corrected chi connectivity index (χ0v) is 15.9. The number of benzene rings is 1. The summed E-state index contributed by atoms with van der Waals surface area (Å²) in [5.41, 5.74) is 8.54. The molecule has 6 nitrogen and oxygen atoms in total. The van der Waals surface area contributed by atoms with E-state index in [-0.39, 0.29) is 5.92 Å². The molecule has 2 heterocycles. The van der Waals surface area contributed by atoms with Crippen LogP contribution in [0.25, 0.3) is 11.0 Å². The summed E-state index contributed by atoms with van der Waals surface area (Å²) in [4.78, 5) is 8.27. The number of hydrogen-bond acceptors (Lipinski definition) is 5. The SMILES string of the molecule is COc1c(C(C)Cn2ncc3c(N)ncnc32)cc(Cl)c(C)c1Br. The predicted molar refractivity (Wildman–Crippen MR) is 98.6 cm³/mol. The zero-order valence-electron chi connectivity index (χ0n) is 13.5. The van der Waals surface area contributed by atoms with Crippen LogP contribution in [0.5, 0.6) is 5.75 Å². The monoisotopic (exact) mass is 409 g/mol. The fraction of sp³-hybridized carbons (Fsp3) is 0.312. The second-order valence-electron chi connectivity index (χ2n) is 5.64. The van der Waals surface area contributed by atoms with Gasteiger partial charge >= 0.3 is 0 Å². The first-order valence-corrected chi connectivity index (χ1v) is 8.55. The first-order valence-electron chi connectivity index (χ1n) is 7.38. The summed E-state index contributed by atoms with van der Waals surface area (Å²) in [6.07, 6.45) is 3.13. The first kappa shape index (κ1) is 17.0.